The fourth-order valence-corrected chi connectivity index (χ4v) is 2.56. The molecule has 0 bridgehead atoms. The molecule has 6 nitrogen and oxygen atoms in total. The van der Waals surface area contributed by atoms with Gasteiger partial charge in [-0.05, 0) is 31.3 Å². The van der Waals surface area contributed by atoms with Crippen molar-refractivity contribution in [2.75, 3.05) is 18.9 Å². The van der Waals surface area contributed by atoms with Crippen LogP contribution in [0.15, 0.2) is 41.6 Å². The zero-order valence-corrected chi connectivity index (χ0v) is 12.3. The Morgan fingerprint density at radius 3 is 2.50 bits per heavy atom. The third-order valence-electron chi connectivity index (χ3n) is 3.03. The molecule has 7 heteroatoms. The minimum Gasteiger partial charge on any atom is -0.385 e. The van der Waals surface area contributed by atoms with Crippen LogP contribution in [0.25, 0.3) is 0 Å². The number of nitrogens with one attached hydrogen (secondary N) is 2. The smallest absolute Gasteiger partial charge is 0.240 e. The van der Waals surface area contributed by atoms with Gasteiger partial charge in [-0.1, -0.05) is 0 Å². The third kappa shape index (κ3) is 3.37. The lowest BCUT2D eigenvalue weighted by Gasteiger charge is -2.08. The number of imidazole rings is 1. The van der Waals surface area contributed by atoms with Crippen LogP contribution in [-0.4, -0.2) is 31.6 Å². The Morgan fingerprint density at radius 2 is 1.95 bits per heavy atom. The van der Waals surface area contributed by atoms with E-state index in [9.17, 15) is 8.42 Å². The minimum absolute atomic E-state index is 0.259. The summed E-state index contributed by atoms with van der Waals surface area (Å²) in [4.78, 5) is 4.50. The molecule has 0 aliphatic carbocycles. The predicted octanol–water partition coefficient (Wildman–Crippen LogP) is 0.983. The monoisotopic (exact) mass is 294 g/mol. The molecule has 0 aliphatic rings. The Kier molecular flexibility index (Phi) is 4.41. The molecule has 2 rings (SSSR count). The summed E-state index contributed by atoms with van der Waals surface area (Å²) in [6, 6.07) is 6.66. The maximum absolute atomic E-state index is 11.6. The van der Waals surface area contributed by atoms with Gasteiger partial charge in [-0.3, -0.25) is 0 Å². The van der Waals surface area contributed by atoms with E-state index in [0.717, 1.165) is 24.5 Å². The highest BCUT2D eigenvalue weighted by Crippen LogP contribution is 2.13. The first-order valence-corrected chi connectivity index (χ1v) is 7.75. The van der Waals surface area contributed by atoms with E-state index in [-0.39, 0.29) is 4.90 Å². The second-order valence-corrected chi connectivity index (χ2v) is 6.25. The van der Waals surface area contributed by atoms with Crippen molar-refractivity contribution in [1.29, 1.82) is 0 Å². The molecule has 0 unspecified atom stereocenters. The van der Waals surface area contributed by atoms with Crippen LogP contribution in [0, 0.1) is 0 Å². The normalized spacial score (nSPS) is 11.5. The van der Waals surface area contributed by atoms with Gasteiger partial charge in [-0.2, -0.15) is 0 Å². The van der Waals surface area contributed by atoms with Crippen molar-refractivity contribution in [3.8, 4) is 0 Å². The zero-order valence-electron chi connectivity index (χ0n) is 11.5. The van der Waals surface area contributed by atoms with Crippen LogP contribution < -0.4 is 10.0 Å². The standard InChI is InChI=1S/C13H18N4O2S/c1-14-20(18,19)12-5-3-11(4-6-12)15-8-7-13-16-9-10-17(13)2/h3-6,9-10,14-15H,7-8H2,1-2H3. The fraction of sp³-hybridized carbons (Fsp3) is 0.308. The van der Waals surface area contributed by atoms with Crippen LogP contribution in [0.2, 0.25) is 0 Å². The number of hydrogen-bond acceptors (Lipinski definition) is 4. The summed E-state index contributed by atoms with van der Waals surface area (Å²) in [5.41, 5.74) is 0.884. The topological polar surface area (TPSA) is 76.0 Å². The van der Waals surface area contributed by atoms with Crippen molar-refractivity contribution in [3.63, 3.8) is 0 Å². The van der Waals surface area contributed by atoms with Crippen LogP contribution in [0.1, 0.15) is 5.82 Å². The summed E-state index contributed by atoms with van der Waals surface area (Å²) in [7, 11) is -0.0124. The summed E-state index contributed by atoms with van der Waals surface area (Å²) in [6.45, 7) is 0.739. The second-order valence-electron chi connectivity index (χ2n) is 4.36. The zero-order chi connectivity index (χ0) is 14.6. The number of hydrogen-bond donors (Lipinski definition) is 2. The average molecular weight is 294 g/mol. The first-order chi connectivity index (χ1) is 9.53. The number of nitrogens with zero attached hydrogens (tertiary/aromatic N) is 2. The van der Waals surface area contributed by atoms with Crippen molar-refractivity contribution >= 4 is 15.7 Å². The Balaban J connectivity index is 1.93. The molecule has 0 fully saturated rings. The molecule has 0 saturated carbocycles. The summed E-state index contributed by atoms with van der Waals surface area (Å²) in [6.07, 6.45) is 4.49. The van der Waals surface area contributed by atoms with E-state index in [0.29, 0.717) is 0 Å². The van der Waals surface area contributed by atoms with E-state index >= 15 is 0 Å². The van der Waals surface area contributed by atoms with Gasteiger partial charge in [0.2, 0.25) is 10.0 Å². The van der Waals surface area contributed by atoms with E-state index in [2.05, 4.69) is 15.0 Å². The SMILES string of the molecule is CNS(=O)(=O)c1ccc(NCCc2nccn2C)cc1. The lowest BCUT2D eigenvalue weighted by molar-refractivity contribution is 0.588. The molecule has 0 saturated heterocycles. The van der Waals surface area contributed by atoms with Crippen LogP contribution in [0.5, 0.6) is 0 Å². The Labute approximate surface area is 118 Å². The highest BCUT2D eigenvalue weighted by atomic mass is 32.2. The number of aromatic nitrogens is 2. The quantitative estimate of drug-likeness (QED) is 0.833. The number of sulfonamides is 1. The van der Waals surface area contributed by atoms with E-state index < -0.39 is 10.0 Å². The van der Waals surface area contributed by atoms with E-state index in [1.54, 1.807) is 30.5 Å². The van der Waals surface area contributed by atoms with Crippen LogP contribution in [-0.2, 0) is 23.5 Å². The van der Waals surface area contributed by atoms with Crippen molar-refractivity contribution in [1.82, 2.24) is 14.3 Å². The molecule has 108 valence electrons. The van der Waals surface area contributed by atoms with Gasteiger partial charge in [0, 0.05) is 38.1 Å². The highest BCUT2D eigenvalue weighted by molar-refractivity contribution is 7.89. The Bertz CT molecular complexity index is 662. The van der Waals surface area contributed by atoms with Gasteiger partial charge in [0.25, 0.3) is 0 Å². The molecule has 1 aromatic heterocycles. The van der Waals surface area contributed by atoms with E-state index in [1.165, 1.54) is 7.05 Å². The second kappa shape index (κ2) is 6.06. The molecule has 0 amide bonds. The van der Waals surface area contributed by atoms with Crippen molar-refractivity contribution in [2.45, 2.75) is 11.3 Å². The molecule has 20 heavy (non-hydrogen) atoms. The number of rotatable bonds is 6. The molecule has 1 heterocycles. The maximum atomic E-state index is 11.6. The van der Waals surface area contributed by atoms with E-state index in [1.807, 2.05) is 17.8 Å². The Hall–Kier alpha value is -1.86. The molecule has 0 aliphatic heterocycles. The largest absolute Gasteiger partial charge is 0.385 e. The van der Waals surface area contributed by atoms with Gasteiger partial charge in [0.15, 0.2) is 0 Å². The molecular weight excluding hydrogens is 276 g/mol. The predicted molar refractivity (Wildman–Crippen MR) is 78.1 cm³/mol. The number of benzene rings is 1. The van der Waals surface area contributed by atoms with Gasteiger partial charge in [-0.25, -0.2) is 18.1 Å². The number of aryl methyl sites for hydroxylation is 1. The van der Waals surface area contributed by atoms with Crippen molar-refractivity contribution in [3.05, 3.63) is 42.5 Å². The first kappa shape index (κ1) is 14.5. The summed E-state index contributed by atoms with van der Waals surface area (Å²) < 4.78 is 27.4. The van der Waals surface area contributed by atoms with Gasteiger partial charge >= 0.3 is 0 Å². The lowest BCUT2D eigenvalue weighted by atomic mass is 10.3. The number of anilines is 1. The van der Waals surface area contributed by atoms with Gasteiger partial charge in [0.1, 0.15) is 5.82 Å². The van der Waals surface area contributed by atoms with Crippen molar-refractivity contribution < 1.29 is 8.42 Å². The minimum atomic E-state index is -3.37. The summed E-state index contributed by atoms with van der Waals surface area (Å²) >= 11 is 0. The molecule has 2 N–H and O–H groups in total. The molecule has 1 aromatic carbocycles. The van der Waals surface area contributed by atoms with Crippen molar-refractivity contribution in [2.24, 2.45) is 7.05 Å². The first-order valence-electron chi connectivity index (χ1n) is 6.26. The molecule has 0 spiro atoms. The van der Waals surface area contributed by atoms with Gasteiger partial charge in [0.05, 0.1) is 4.90 Å². The van der Waals surface area contributed by atoms with E-state index in [4.69, 9.17) is 0 Å². The Morgan fingerprint density at radius 1 is 1.25 bits per heavy atom. The summed E-state index contributed by atoms with van der Waals surface area (Å²) in [5, 5.41) is 3.24. The lowest BCUT2D eigenvalue weighted by Crippen LogP contribution is -2.18. The van der Waals surface area contributed by atoms with Gasteiger partial charge < -0.3 is 9.88 Å². The molecule has 2 aromatic rings. The molecule has 0 radical (unpaired) electrons. The molecule has 0 atom stereocenters. The summed E-state index contributed by atoms with van der Waals surface area (Å²) in [5.74, 6) is 1.01. The maximum Gasteiger partial charge on any atom is 0.240 e. The van der Waals surface area contributed by atoms with Gasteiger partial charge in [-0.15, -0.1) is 0 Å². The highest BCUT2D eigenvalue weighted by Gasteiger charge is 2.10. The third-order valence-corrected chi connectivity index (χ3v) is 4.46. The van der Waals surface area contributed by atoms with Crippen LogP contribution in [0.4, 0.5) is 5.69 Å². The average Bonchev–Trinajstić information content (AvgIpc) is 2.85. The fourth-order valence-electron chi connectivity index (χ4n) is 1.83. The molecular formula is C13H18N4O2S. The van der Waals surface area contributed by atoms with Crippen LogP contribution >= 0.6 is 0 Å². The van der Waals surface area contributed by atoms with Crippen LogP contribution in [0.3, 0.4) is 0 Å².